The molecule has 0 aromatic heterocycles. The highest BCUT2D eigenvalue weighted by Gasteiger charge is 2.27. The molecule has 0 radical (unpaired) electrons. The van der Waals surface area contributed by atoms with E-state index in [1.165, 1.54) is 6.42 Å². The standard InChI is InChI=1S/C11H24N2O/c1-9(2)13-7-11(8-14)12(4)6-5-10(13)3/h9-11,14H,5-8H2,1-4H3. The number of likely N-dealkylation sites (N-methyl/N-ethyl adjacent to an activating group) is 1. The zero-order valence-electron chi connectivity index (χ0n) is 9.90. The summed E-state index contributed by atoms with van der Waals surface area (Å²) in [5, 5.41) is 9.30. The molecule has 1 fully saturated rings. The summed E-state index contributed by atoms with van der Waals surface area (Å²) in [5.41, 5.74) is 0. The smallest absolute Gasteiger partial charge is 0.0599 e. The lowest BCUT2D eigenvalue weighted by molar-refractivity contribution is 0.107. The van der Waals surface area contributed by atoms with Gasteiger partial charge in [-0.05, 0) is 40.8 Å². The third-order valence-electron chi connectivity index (χ3n) is 3.38. The summed E-state index contributed by atoms with van der Waals surface area (Å²) in [6.07, 6.45) is 1.20. The Kier molecular flexibility index (Phi) is 4.35. The van der Waals surface area contributed by atoms with Crippen LogP contribution in [-0.2, 0) is 0 Å². The monoisotopic (exact) mass is 200 g/mol. The average molecular weight is 200 g/mol. The molecular formula is C11H24N2O. The van der Waals surface area contributed by atoms with Gasteiger partial charge in [0.1, 0.15) is 0 Å². The Morgan fingerprint density at radius 1 is 1.43 bits per heavy atom. The molecule has 0 spiro atoms. The van der Waals surface area contributed by atoms with Crippen molar-refractivity contribution in [2.45, 2.75) is 45.3 Å². The van der Waals surface area contributed by atoms with Crippen molar-refractivity contribution in [2.24, 2.45) is 0 Å². The molecule has 1 N–H and O–H groups in total. The van der Waals surface area contributed by atoms with Crippen molar-refractivity contribution >= 4 is 0 Å². The van der Waals surface area contributed by atoms with E-state index in [0.29, 0.717) is 18.1 Å². The minimum absolute atomic E-state index is 0.270. The number of rotatable bonds is 2. The lowest BCUT2D eigenvalue weighted by Crippen LogP contribution is -2.45. The maximum atomic E-state index is 9.30. The minimum Gasteiger partial charge on any atom is -0.395 e. The van der Waals surface area contributed by atoms with Crippen molar-refractivity contribution in [3.05, 3.63) is 0 Å². The van der Waals surface area contributed by atoms with Crippen LogP contribution in [0.1, 0.15) is 27.2 Å². The average Bonchev–Trinajstić information content (AvgIpc) is 2.27. The fraction of sp³-hybridized carbons (Fsp3) is 1.00. The molecule has 3 nitrogen and oxygen atoms in total. The Bertz CT molecular complexity index is 173. The second kappa shape index (κ2) is 5.10. The Morgan fingerprint density at radius 2 is 2.07 bits per heavy atom. The maximum Gasteiger partial charge on any atom is 0.0599 e. The van der Waals surface area contributed by atoms with Gasteiger partial charge in [-0.3, -0.25) is 9.80 Å². The van der Waals surface area contributed by atoms with E-state index < -0.39 is 0 Å². The molecule has 3 heteroatoms. The predicted octanol–water partition coefficient (Wildman–Crippen LogP) is 0.782. The fourth-order valence-electron chi connectivity index (χ4n) is 2.22. The van der Waals surface area contributed by atoms with Crippen molar-refractivity contribution in [1.29, 1.82) is 0 Å². The van der Waals surface area contributed by atoms with Gasteiger partial charge in [0, 0.05) is 24.7 Å². The van der Waals surface area contributed by atoms with Gasteiger partial charge in [0.15, 0.2) is 0 Å². The van der Waals surface area contributed by atoms with E-state index in [0.717, 1.165) is 13.1 Å². The lowest BCUT2D eigenvalue weighted by Gasteiger charge is -2.33. The Morgan fingerprint density at radius 3 is 2.57 bits per heavy atom. The molecule has 1 aliphatic heterocycles. The van der Waals surface area contributed by atoms with E-state index in [4.69, 9.17) is 0 Å². The van der Waals surface area contributed by atoms with Gasteiger partial charge in [-0.2, -0.15) is 0 Å². The van der Waals surface area contributed by atoms with Crippen LogP contribution in [-0.4, -0.2) is 59.8 Å². The number of aliphatic hydroxyl groups is 1. The molecule has 0 aliphatic carbocycles. The van der Waals surface area contributed by atoms with E-state index in [-0.39, 0.29) is 6.61 Å². The third-order valence-corrected chi connectivity index (χ3v) is 3.38. The predicted molar refractivity (Wildman–Crippen MR) is 59.4 cm³/mol. The van der Waals surface area contributed by atoms with Crippen LogP contribution >= 0.6 is 0 Å². The van der Waals surface area contributed by atoms with Crippen molar-refractivity contribution in [3.8, 4) is 0 Å². The van der Waals surface area contributed by atoms with Crippen molar-refractivity contribution in [3.63, 3.8) is 0 Å². The van der Waals surface area contributed by atoms with Gasteiger partial charge in [0.05, 0.1) is 6.61 Å². The van der Waals surface area contributed by atoms with E-state index in [2.05, 4.69) is 37.6 Å². The molecule has 1 rings (SSSR count). The Labute approximate surface area is 87.7 Å². The van der Waals surface area contributed by atoms with E-state index in [1.807, 2.05) is 0 Å². The molecule has 14 heavy (non-hydrogen) atoms. The van der Waals surface area contributed by atoms with Crippen molar-refractivity contribution in [1.82, 2.24) is 9.80 Å². The van der Waals surface area contributed by atoms with Gasteiger partial charge < -0.3 is 5.11 Å². The maximum absolute atomic E-state index is 9.30. The molecule has 0 bridgehead atoms. The fourth-order valence-corrected chi connectivity index (χ4v) is 2.22. The largest absolute Gasteiger partial charge is 0.395 e. The number of aliphatic hydroxyl groups excluding tert-OH is 1. The summed E-state index contributed by atoms with van der Waals surface area (Å²) >= 11 is 0. The summed E-state index contributed by atoms with van der Waals surface area (Å²) in [6, 6.07) is 1.52. The zero-order chi connectivity index (χ0) is 10.7. The normalized spacial score (nSPS) is 32.1. The minimum atomic E-state index is 0.270. The second-order valence-electron chi connectivity index (χ2n) is 4.75. The van der Waals surface area contributed by atoms with Crippen LogP contribution in [0.4, 0.5) is 0 Å². The molecule has 2 atom stereocenters. The van der Waals surface area contributed by atoms with Gasteiger partial charge in [0.25, 0.3) is 0 Å². The topological polar surface area (TPSA) is 26.7 Å². The SMILES string of the molecule is CC(C)N1CC(CO)N(C)CCC1C. The van der Waals surface area contributed by atoms with Gasteiger partial charge in [-0.1, -0.05) is 0 Å². The molecule has 2 unspecified atom stereocenters. The van der Waals surface area contributed by atoms with E-state index in [9.17, 15) is 5.11 Å². The van der Waals surface area contributed by atoms with Crippen LogP contribution in [0.2, 0.25) is 0 Å². The summed E-state index contributed by atoms with van der Waals surface area (Å²) in [4.78, 5) is 4.77. The van der Waals surface area contributed by atoms with E-state index >= 15 is 0 Å². The molecular weight excluding hydrogens is 176 g/mol. The molecule has 0 aromatic rings. The Hall–Kier alpha value is -0.120. The van der Waals surface area contributed by atoms with Gasteiger partial charge in [-0.15, -0.1) is 0 Å². The summed E-state index contributed by atoms with van der Waals surface area (Å²) < 4.78 is 0. The summed E-state index contributed by atoms with van der Waals surface area (Å²) in [7, 11) is 2.11. The van der Waals surface area contributed by atoms with Crippen molar-refractivity contribution in [2.75, 3.05) is 26.7 Å². The first kappa shape index (κ1) is 12.0. The first-order valence-electron chi connectivity index (χ1n) is 5.63. The lowest BCUT2D eigenvalue weighted by atomic mass is 10.1. The molecule has 1 heterocycles. The second-order valence-corrected chi connectivity index (χ2v) is 4.75. The highest BCUT2D eigenvalue weighted by molar-refractivity contribution is 4.83. The first-order chi connectivity index (χ1) is 6.56. The number of hydrogen-bond acceptors (Lipinski definition) is 3. The molecule has 1 aliphatic rings. The van der Waals surface area contributed by atoms with Crippen LogP contribution in [0.25, 0.3) is 0 Å². The summed E-state index contributed by atoms with van der Waals surface area (Å²) in [5.74, 6) is 0. The van der Waals surface area contributed by atoms with Crippen molar-refractivity contribution < 1.29 is 5.11 Å². The highest BCUT2D eigenvalue weighted by Crippen LogP contribution is 2.16. The summed E-state index contributed by atoms with van der Waals surface area (Å²) in [6.45, 7) is 9.11. The highest BCUT2D eigenvalue weighted by atomic mass is 16.3. The van der Waals surface area contributed by atoms with Crippen LogP contribution < -0.4 is 0 Å². The van der Waals surface area contributed by atoms with Crippen LogP contribution in [0.5, 0.6) is 0 Å². The number of hydrogen-bond donors (Lipinski definition) is 1. The number of nitrogens with zero attached hydrogens (tertiary/aromatic N) is 2. The van der Waals surface area contributed by atoms with Crippen LogP contribution in [0.15, 0.2) is 0 Å². The quantitative estimate of drug-likeness (QED) is 0.713. The van der Waals surface area contributed by atoms with Gasteiger partial charge in [-0.25, -0.2) is 0 Å². The third kappa shape index (κ3) is 2.69. The molecule has 0 aromatic carbocycles. The molecule has 0 saturated carbocycles. The molecule has 1 saturated heterocycles. The molecule has 84 valence electrons. The van der Waals surface area contributed by atoms with Gasteiger partial charge in [0.2, 0.25) is 0 Å². The first-order valence-corrected chi connectivity index (χ1v) is 5.63. The Balaban J connectivity index is 2.66. The van der Waals surface area contributed by atoms with Crippen LogP contribution in [0, 0.1) is 0 Å². The molecule has 0 amide bonds. The zero-order valence-corrected chi connectivity index (χ0v) is 9.90. The van der Waals surface area contributed by atoms with E-state index in [1.54, 1.807) is 0 Å². The van der Waals surface area contributed by atoms with Gasteiger partial charge >= 0.3 is 0 Å². The van der Waals surface area contributed by atoms with Crippen LogP contribution in [0.3, 0.4) is 0 Å².